The molecule has 2 atom stereocenters. The molecule has 6 heteroatoms. The molecule has 158 valence electrons. The molecule has 0 spiro atoms. The number of fused-ring (bicyclic) bond motifs is 1. The summed E-state index contributed by atoms with van der Waals surface area (Å²) in [5.74, 6) is 1.19. The number of carbonyl (C=O) groups is 1. The van der Waals surface area contributed by atoms with Gasteiger partial charge in [-0.25, -0.2) is 4.79 Å². The van der Waals surface area contributed by atoms with Gasteiger partial charge in [-0.15, -0.1) is 0 Å². The highest BCUT2D eigenvalue weighted by molar-refractivity contribution is 6.05. The van der Waals surface area contributed by atoms with E-state index in [2.05, 4.69) is 34.5 Å². The maximum absolute atomic E-state index is 11.9. The summed E-state index contributed by atoms with van der Waals surface area (Å²) in [6, 6.07) is 18.0. The summed E-state index contributed by atoms with van der Waals surface area (Å²) in [5.41, 5.74) is 2.74. The predicted molar refractivity (Wildman–Crippen MR) is 121 cm³/mol. The molecule has 2 aliphatic rings. The number of hydrogen-bond donors (Lipinski definition) is 1. The van der Waals surface area contributed by atoms with Crippen LogP contribution in [0, 0.1) is 0 Å². The van der Waals surface area contributed by atoms with E-state index in [1.54, 1.807) is 19.3 Å². The average Bonchev–Trinajstić information content (AvgIpc) is 3.18. The SMILES string of the molecule is COC(=O)C1=CC2=NC(/C=C/c3ccc(OC)cc3)C(NCc3ccccc3)N2C=C1. The van der Waals surface area contributed by atoms with Crippen molar-refractivity contribution in [2.24, 2.45) is 4.99 Å². The van der Waals surface area contributed by atoms with E-state index in [-0.39, 0.29) is 18.2 Å². The number of carbonyl (C=O) groups excluding carboxylic acids is 1. The number of esters is 1. The average molecular weight is 415 g/mol. The number of nitrogens with one attached hydrogen (secondary N) is 1. The van der Waals surface area contributed by atoms with E-state index in [9.17, 15) is 4.79 Å². The lowest BCUT2D eigenvalue weighted by Gasteiger charge is -2.28. The van der Waals surface area contributed by atoms with Gasteiger partial charge < -0.3 is 14.4 Å². The summed E-state index contributed by atoms with van der Waals surface area (Å²) in [6.45, 7) is 0.707. The lowest BCUT2D eigenvalue weighted by molar-refractivity contribution is -0.135. The third-order valence-electron chi connectivity index (χ3n) is 5.25. The number of amidine groups is 1. The molecule has 31 heavy (non-hydrogen) atoms. The standard InChI is InChI=1S/C25H25N3O3/c1-30-21-11-8-18(9-12-21)10-13-22-24(26-17-19-6-4-3-5-7-19)28-15-14-20(25(29)31-2)16-23(28)27-22/h3-16,22,24,26H,17H2,1-2H3/b13-10+. The first kappa shape index (κ1) is 20.6. The Morgan fingerprint density at radius 2 is 1.90 bits per heavy atom. The van der Waals surface area contributed by atoms with E-state index >= 15 is 0 Å². The largest absolute Gasteiger partial charge is 0.497 e. The van der Waals surface area contributed by atoms with Gasteiger partial charge in [0.25, 0.3) is 0 Å². The maximum Gasteiger partial charge on any atom is 0.338 e. The second-order valence-corrected chi connectivity index (χ2v) is 7.24. The highest BCUT2D eigenvalue weighted by Gasteiger charge is 2.34. The molecule has 0 saturated carbocycles. The molecule has 1 N–H and O–H groups in total. The Balaban J connectivity index is 1.56. The van der Waals surface area contributed by atoms with Crippen LogP contribution in [0.3, 0.4) is 0 Å². The number of benzene rings is 2. The van der Waals surface area contributed by atoms with E-state index in [0.717, 1.165) is 17.1 Å². The normalized spacial score (nSPS) is 19.7. The third-order valence-corrected chi connectivity index (χ3v) is 5.25. The van der Waals surface area contributed by atoms with Gasteiger partial charge in [-0.3, -0.25) is 10.3 Å². The van der Waals surface area contributed by atoms with Crippen LogP contribution in [-0.2, 0) is 16.1 Å². The van der Waals surface area contributed by atoms with Gasteiger partial charge in [-0.2, -0.15) is 0 Å². The summed E-state index contributed by atoms with van der Waals surface area (Å²) in [6.07, 6.45) is 9.47. The molecule has 0 fully saturated rings. The molecule has 2 aromatic rings. The first-order valence-electron chi connectivity index (χ1n) is 10.1. The van der Waals surface area contributed by atoms with Crippen molar-refractivity contribution in [3.8, 4) is 5.75 Å². The highest BCUT2D eigenvalue weighted by Crippen LogP contribution is 2.24. The lowest BCUT2D eigenvalue weighted by Crippen LogP contribution is -2.46. The Morgan fingerprint density at radius 1 is 1.13 bits per heavy atom. The van der Waals surface area contributed by atoms with Crippen molar-refractivity contribution in [3.63, 3.8) is 0 Å². The van der Waals surface area contributed by atoms with Crippen molar-refractivity contribution in [3.05, 3.63) is 95.7 Å². The zero-order valence-electron chi connectivity index (χ0n) is 17.6. The van der Waals surface area contributed by atoms with E-state index in [1.165, 1.54) is 12.7 Å². The molecule has 0 radical (unpaired) electrons. The number of ether oxygens (including phenoxy) is 2. The Hall–Kier alpha value is -3.64. The van der Waals surface area contributed by atoms with Crippen LogP contribution in [0.2, 0.25) is 0 Å². The van der Waals surface area contributed by atoms with Gasteiger partial charge >= 0.3 is 5.97 Å². The fourth-order valence-electron chi connectivity index (χ4n) is 3.58. The Bertz CT molecular complexity index is 1040. The van der Waals surface area contributed by atoms with Gasteiger partial charge in [0, 0.05) is 12.7 Å². The minimum Gasteiger partial charge on any atom is -0.497 e. The predicted octanol–water partition coefficient (Wildman–Crippen LogP) is 3.53. The fraction of sp³-hybridized carbons (Fsp3) is 0.200. The monoisotopic (exact) mass is 415 g/mol. The molecule has 0 saturated heterocycles. The summed E-state index contributed by atoms with van der Waals surface area (Å²) >= 11 is 0. The van der Waals surface area contributed by atoms with Crippen molar-refractivity contribution in [1.82, 2.24) is 10.2 Å². The number of aliphatic imine (C=N–C) groups is 1. The van der Waals surface area contributed by atoms with Gasteiger partial charge in [0.1, 0.15) is 23.8 Å². The van der Waals surface area contributed by atoms with Crippen LogP contribution in [0.5, 0.6) is 5.75 Å². The van der Waals surface area contributed by atoms with Crippen LogP contribution < -0.4 is 10.1 Å². The van der Waals surface area contributed by atoms with Crippen LogP contribution in [-0.4, -0.2) is 43.1 Å². The van der Waals surface area contributed by atoms with E-state index in [1.807, 2.05) is 48.7 Å². The molecule has 2 aliphatic heterocycles. The Morgan fingerprint density at radius 3 is 2.61 bits per heavy atom. The van der Waals surface area contributed by atoms with Crippen molar-refractivity contribution < 1.29 is 14.3 Å². The van der Waals surface area contributed by atoms with Crippen LogP contribution in [0.25, 0.3) is 6.08 Å². The second kappa shape index (κ2) is 9.45. The molecule has 2 heterocycles. The number of nitrogens with zero attached hydrogens (tertiary/aromatic N) is 2. The van der Waals surface area contributed by atoms with Gasteiger partial charge in [-0.1, -0.05) is 54.6 Å². The molecular weight excluding hydrogens is 390 g/mol. The number of hydrogen-bond acceptors (Lipinski definition) is 6. The maximum atomic E-state index is 11.9. The fourth-order valence-corrected chi connectivity index (χ4v) is 3.58. The van der Waals surface area contributed by atoms with Crippen molar-refractivity contribution in [2.75, 3.05) is 14.2 Å². The summed E-state index contributed by atoms with van der Waals surface area (Å²) < 4.78 is 10.1. The molecule has 2 aromatic carbocycles. The van der Waals surface area contributed by atoms with E-state index < -0.39 is 0 Å². The zero-order valence-corrected chi connectivity index (χ0v) is 17.6. The van der Waals surface area contributed by atoms with Crippen LogP contribution in [0.4, 0.5) is 0 Å². The Kier molecular flexibility index (Phi) is 6.29. The van der Waals surface area contributed by atoms with Crippen LogP contribution >= 0.6 is 0 Å². The quantitative estimate of drug-likeness (QED) is 0.701. The second-order valence-electron chi connectivity index (χ2n) is 7.24. The molecule has 6 nitrogen and oxygen atoms in total. The highest BCUT2D eigenvalue weighted by atomic mass is 16.5. The topological polar surface area (TPSA) is 63.2 Å². The van der Waals surface area contributed by atoms with Crippen molar-refractivity contribution >= 4 is 17.9 Å². The number of methoxy groups -OCH3 is 2. The molecule has 0 aliphatic carbocycles. The Labute approximate surface area is 182 Å². The molecule has 0 bridgehead atoms. The van der Waals surface area contributed by atoms with Gasteiger partial charge in [0.15, 0.2) is 0 Å². The zero-order chi connectivity index (χ0) is 21.6. The summed E-state index contributed by atoms with van der Waals surface area (Å²) in [5, 5.41) is 3.60. The van der Waals surface area contributed by atoms with Crippen molar-refractivity contribution in [1.29, 1.82) is 0 Å². The molecule has 0 amide bonds. The third kappa shape index (κ3) is 4.75. The molecular formula is C25H25N3O3. The first-order chi connectivity index (χ1) is 15.2. The van der Waals surface area contributed by atoms with Gasteiger partial charge in [-0.05, 0) is 35.4 Å². The van der Waals surface area contributed by atoms with Gasteiger partial charge in [0.05, 0.1) is 19.8 Å². The van der Waals surface area contributed by atoms with Crippen LogP contribution in [0.1, 0.15) is 11.1 Å². The van der Waals surface area contributed by atoms with Crippen LogP contribution in [0.15, 0.2) is 89.6 Å². The molecule has 2 unspecified atom stereocenters. The molecule has 0 aromatic heterocycles. The van der Waals surface area contributed by atoms with E-state index in [0.29, 0.717) is 12.1 Å². The summed E-state index contributed by atoms with van der Waals surface area (Å²) in [4.78, 5) is 18.8. The summed E-state index contributed by atoms with van der Waals surface area (Å²) in [7, 11) is 3.03. The lowest BCUT2D eigenvalue weighted by atomic mass is 10.1. The smallest absolute Gasteiger partial charge is 0.338 e. The van der Waals surface area contributed by atoms with E-state index in [4.69, 9.17) is 14.5 Å². The minimum absolute atomic E-state index is 0.0728. The van der Waals surface area contributed by atoms with Crippen molar-refractivity contribution in [2.45, 2.75) is 18.8 Å². The molecule has 4 rings (SSSR count). The first-order valence-corrected chi connectivity index (χ1v) is 10.1. The van der Waals surface area contributed by atoms with Gasteiger partial charge in [0.2, 0.25) is 0 Å². The number of rotatable bonds is 7. The minimum atomic E-state index is -0.371.